The van der Waals surface area contributed by atoms with Crippen LogP contribution in [0.2, 0.25) is 0 Å². The van der Waals surface area contributed by atoms with Gasteiger partial charge < -0.3 is 10.2 Å². The van der Waals surface area contributed by atoms with Crippen LogP contribution in [0.1, 0.15) is 36.2 Å². The first-order valence-corrected chi connectivity index (χ1v) is 8.04. The van der Waals surface area contributed by atoms with Crippen molar-refractivity contribution in [3.8, 4) is 0 Å². The molecule has 6 heteroatoms. The minimum atomic E-state index is -4.55. The van der Waals surface area contributed by atoms with Crippen LogP contribution in [0.5, 0.6) is 0 Å². The molecule has 1 aromatic carbocycles. The van der Waals surface area contributed by atoms with Gasteiger partial charge in [0.2, 0.25) is 0 Å². The number of hydrogen-bond donors (Lipinski definition) is 1. The molecule has 0 saturated carbocycles. The number of benzene rings is 1. The monoisotopic (exact) mass is 340 g/mol. The summed E-state index contributed by atoms with van der Waals surface area (Å²) in [6, 6.07) is 4.62. The summed E-state index contributed by atoms with van der Waals surface area (Å²) < 4.78 is 39.3. The van der Waals surface area contributed by atoms with Gasteiger partial charge in [-0.1, -0.05) is 32.1 Å². The van der Waals surface area contributed by atoms with E-state index in [9.17, 15) is 18.0 Å². The van der Waals surface area contributed by atoms with Crippen LogP contribution in [0.4, 0.5) is 13.2 Å². The number of halogens is 3. The van der Waals surface area contributed by atoms with Gasteiger partial charge in [0, 0.05) is 13.1 Å². The lowest BCUT2D eigenvalue weighted by molar-refractivity contribution is -0.137. The first-order valence-electron chi connectivity index (χ1n) is 8.04. The highest BCUT2D eigenvalue weighted by Gasteiger charge is 2.35. The highest BCUT2D eigenvalue weighted by Crippen LogP contribution is 2.32. The molecule has 132 valence electrons. The molecule has 2 rings (SSSR count). The van der Waals surface area contributed by atoms with E-state index in [0.29, 0.717) is 6.54 Å². The molecule has 1 heterocycles. The van der Waals surface area contributed by atoms with Crippen LogP contribution in [0.3, 0.4) is 0 Å². The van der Waals surface area contributed by atoms with Crippen LogP contribution in [-0.2, 0) is 6.18 Å². The van der Waals surface area contributed by atoms with Crippen molar-refractivity contribution in [2.75, 3.05) is 20.1 Å². The maximum Gasteiger partial charge on any atom is 0.417 e. The smallest absolute Gasteiger partial charge is 0.345 e. The van der Waals surface area contributed by atoms with Gasteiger partial charge in [-0.25, -0.2) is 0 Å². The first kappa shape index (κ1) is 18.5. The second-order valence-electron chi connectivity index (χ2n) is 6.54. The molecule has 0 saturated heterocycles. The number of amides is 1. The number of nitrogens with one attached hydrogen (secondary N) is 1. The summed E-state index contributed by atoms with van der Waals surface area (Å²) in [5, 5.41) is 2.80. The van der Waals surface area contributed by atoms with Crippen LogP contribution in [-0.4, -0.2) is 37.0 Å². The lowest BCUT2D eigenvalue weighted by Gasteiger charge is -2.31. The average molecular weight is 340 g/mol. The summed E-state index contributed by atoms with van der Waals surface area (Å²) in [6.45, 7) is 5.56. The van der Waals surface area contributed by atoms with Crippen molar-refractivity contribution in [1.29, 1.82) is 0 Å². The summed E-state index contributed by atoms with van der Waals surface area (Å²) in [5.41, 5.74) is -0.184. The van der Waals surface area contributed by atoms with Gasteiger partial charge in [-0.2, -0.15) is 13.2 Å². The van der Waals surface area contributed by atoms with Crippen LogP contribution in [0.15, 0.2) is 35.9 Å². The van der Waals surface area contributed by atoms with E-state index in [1.807, 2.05) is 20.9 Å². The first-order chi connectivity index (χ1) is 11.2. The summed E-state index contributed by atoms with van der Waals surface area (Å²) in [7, 11) is 1.99. The standard InChI is InChI=1S/C18H23F3N2O/c1-12(2)16(13-7-6-10-23(3)11-13)22-17(24)14-8-4-5-9-15(14)18(19,20)21/h4-5,7-9,12,16H,6,10-11H2,1-3H3,(H,22,24)/t16-/m0/s1. The van der Waals surface area contributed by atoms with Crippen LogP contribution < -0.4 is 5.32 Å². The van der Waals surface area contributed by atoms with Gasteiger partial charge in [0.15, 0.2) is 0 Å². The molecule has 0 aromatic heterocycles. The van der Waals surface area contributed by atoms with Crippen molar-refractivity contribution < 1.29 is 18.0 Å². The van der Waals surface area contributed by atoms with Gasteiger partial charge in [0.1, 0.15) is 0 Å². The van der Waals surface area contributed by atoms with E-state index in [4.69, 9.17) is 0 Å². The van der Waals surface area contributed by atoms with Crippen molar-refractivity contribution in [3.63, 3.8) is 0 Å². The highest BCUT2D eigenvalue weighted by molar-refractivity contribution is 5.96. The molecular formula is C18H23F3N2O. The Morgan fingerprint density at radius 3 is 2.50 bits per heavy atom. The fraction of sp³-hybridized carbons (Fsp3) is 0.500. The van der Waals surface area contributed by atoms with Crippen LogP contribution in [0, 0.1) is 5.92 Å². The molecule has 3 nitrogen and oxygen atoms in total. The van der Waals surface area contributed by atoms with Crippen molar-refractivity contribution in [1.82, 2.24) is 10.2 Å². The van der Waals surface area contributed by atoms with E-state index in [-0.39, 0.29) is 17.5 Å². The number of rotatable bonds is 4. The SMILES string of the molecule is CC(C)[C@H](NC(=O)c1ccccc1C(F)(F)F)C1=CCCN(C)C1. The number of nitrogens with zero attached hydrogens (tertiary/aromatic N) is 1. The molecule has 0 unspecified atom stereocenters. The molecule has 1 N–H and O–H groups in total. The molecule has 0 bridgehead atoms. The fourth-order valence-corrected chi connectivity index (χ4v) is 2.99. The highest BCUT2D eigenvalue weighted by atomic mass is 19.4. The summed E-state index contributed by atoms with van der Waals surface area (Å²) in [6.07, 6.45) is -1.59. The largest absolute Gasteiger partial charge is 0.417 e. The molecule has 0 radical (unpaired) electrons. The minimum absolute atomic E-state index is 0.0877. The molecule has 0 aliphatic carbocycles. The molecular weight excluding hydrogens is 317 g/mol. The third-order valence-corrected chi connectivity index (χ3v) is 4.20. The Labute approximate surface area is 140 Å². The zero-order valence-electron chi connectivity index (χ0n) is 14.2. The Kier molecular flexibility index (Phi) is 5.70. The molecule has 1 atom stereocenters. The summed E-state index contributed by atoms with van der Waals surface area (Å²) in [5.74, 6) is -0.597. The lowest BCUT2D eigenvalue weighted by atomic mass is 9.92. The number of likely N-dealkylation sites (N-methyl/N-ethyl adjacent to an activating group) is 1. The third kappa shape index (κ3) is 4.38. The number of hydrogen-bond acceptors (Lipinski definition) is 2. The van der Waals surface area contributed by atoms with Crippen molar-refractivity contribution in [2.45, 2.75) is 32.5 Å². The van der Waals surface area contributed by atoms with E-state index >= 15 is 0 Å². The number of alkyl halides is 3. The Balaban J connectivity index is 2.25. The van der Waals surface area contributed by atoms with Crippen molar-refractivity contribution >= 4 is 5.91 Å². The van der Waals surface area contributed by atoms with E-state index in [1.165, 1.54) is 18.2 Å². The van der Waals surface area contributed by atoms with Gasteiger partial charge in [-0.05, 0) is 37.1 Å². The Morgan fingerprint density at radius 2 is 1.92 bits per heavy atom. The predicted octanol–water partition coefficient (Wildman–Crippen LogP) is 3.72. The Bertz CT molecular complexity index is 623. The van der Waals surface area contributed by atoms with Crippen molar-refractivity contribution in [2.24, 2.45) is 5.92 Å². The lowest BCUT2D eigenvalue weighted by Crippen LogP contribution is -2.44. The molecule has 0 spiro atoms. The van der Waals surface area contributed by atoms with Crippen LogP contribution in [0.25, 0.3) is 0 Å². The summed E-state index contributed by atoms with van der Waals surface area (Å²) in [4.78, 5) is 14.6. The maximum absolute atomic E-state index is 13.1. The van der Waals surface area contributed by atoms with Gasteiger partial charge in [0.05, 0.1) is 17.2 Å². The Morgan fingerprint density at radius 1 is 1.25 bits per heavy atom. The fourth-order valence-electron chi connectivity index (χ4n) is 2.99. The van der Waals surface area contributed by atoms with Gasteiger partial charge >= 0.3 is 6.18 Å². The summed E-state index contributed by atoms with van der Waals surface area (Å²) >= 11 is 0. The molecule has 0 fully saturated rings. The second kappa shape index (κ2) is 7.38. The zero-order chi connectivity index (χ0) is 17.9. The normalized spacial score (nSPS) is 17.5. The molecule has 24 heavy (non-hydrogen) atoms. The topological polar surface area (TPSA) is 32.3 Å². The van der Waals surface area contributed by atoms with E-state index in [1.54, 1.807) is 0 Å². The number of carbonyl (C=O) groups excluding carboxylic acids is 1. The van der Waals surface area contributed by atoms with E-state index in [2.05, 4.69) is 16.3 Å². The molecule has 1 aliphatic heterocycles. The zero-order valence-corrected chi connectivity index (χ0v) is 14.2. The van der Waals surface area contributed by atoms with Crippen molar-refractivity contribution in [3.05, 3.63) is 47.0 Å². The van der Waals surface area contributed by atoms with Gasteiger partial charge in [-0.3, -0.25) is 4.79 Å². The van der Waals surface area contributed by atoms with Crippen LogP contribution >= 0.6 is 0 Å². The molecule has 1 aliphatic rings. The van der Waals surface area contributed by atoms with E-state index < -0.39 is 17.6 Å². The third-order valence-electron chi connectivity index (χ3n) is 4.20. The second-order valence-corrected chi connectivity index (χ2v) is 6.54. The molecule has 1 amide bonds. The molecule has 1 aromatic rings. The predicted molar refractivity (Wildman–Crippen MR) is 87.7 cm³/mol. The van der Waals surface area contributed by atoms with E-state index in [0.717, 1.165) is 24.6 Å². The Hall–Kier alpha value is -1.82. The minimum Gasteiger partial charge on any atom is -0.345 e. The number of carbonyl (C=O) groups is 1. The maximum atomic E-state index is 13.1. The average Bonchev–Trinajstić information content (AvgIpc) is 2.51. The van der Waals surface area contributed by atoms with Gasteiger partial charge in [-0.15, -0.1) is 0 Å². The quantitative estimate of drug-likeness (QED) is 0.847. The van der Waals surface area contributed by atoms with Gasteiger partial charge in [0.25, 0.3) is 5.91 Å².